The summed E-state index contributed by atoms with van der Waals surface area (Å²) >= 11 is 0. The fourth-order valence-corrected chi connectivity index (χ4v) is 5.74. The van der Waals surface area contributed by atoms with Gasteiger partial charge in [0.2, 0.25) is 5.91 Å². The maximum Gasteiger partial charge on any atom is 0.316 e. The van der Waals surface area contributed by atoms with Crippen LogP contribution in [0.1, 0.15) is 122 Å². The van der Waals surface area contributed by atoms with E-state index in [4.69, 9.17) is 14.6 Å². The van der Waals surface area contributed by atoms with Gasteiger partial charge in [-0.2, -0.15) is 0 Å². The third-order valence-corrected chi connectivity index (χ3v) is 7.79. The Bertz CT molecular complexity index is 719. The highest BCUT2D eigenvalue weighted by Crippen LogP contribution is 2.23. The number of ketones is 1. The number of aliphatic hydroxyl groups excluding tert-OH is 1. The van der Waals surface area contributed by atoms with Gasteiger partial charge < -0.3 is 29.7 Å². The molecule has 1 amide bonds. The molecule has 2 N–H and O–H groups in total. The molecule has 2 saturated heterocycles. The summed E-state index contributed by atoms with van der Waals surface area (Å²) in [5.41, 5.74) is 0. The summed E-state index contributed by atoms with van der Waals surface area (Å²) in [5, 5.41) is 12.0. The van der Waals surface area contributed by atoms with Crippen molar-refractivity contribution in [2.24, 2.45) is 23.7 Å². The molecule has 6 atom stereocenters. The van der Waals surface area contributed by atoms with Crippen LogP contribution in [-0.4, -0.2) is 98.4 Å². The van der Waals surface area contributed by atoms with E-state index < -0.39 is 12.2 Å². The van der Waals surface area contributed by atoms with Gasteiger partial charge in [0.1, 0.15) is 11.7 Å². The Kier molecular flexibility index (Phi) is 28.1. The number of hydrogen-bond donors (Lipinski definition) is 2. The number of hydrogen-bond acceptors (Lipinski definition) is 8. The van der Waals surface area contributed by atoms with Crippen molar-refractivity contribution in [1.29, 1.82) is 0 Å². The van der Waals surface area contributed by atoms with E-state index in [0.717, 1.165) is 51.6 Å². The van der Waals surface area contributed by atoms with Crippen LogP contribution in [0, 0.1) is 23.7 Å². The van der Waals surface area contributed by atoms with Crippen LogP contribution in [0.3, 0.4) is 0 Å². The van der Waals surface area contributed by atoms with Gasteiger partial charge in [0.15, 0.2) is 6.29 Å². The van der Waals surface area contributed by atoms with Gasteiger partial charge in [-0.3, -0.25) is 14.4 Å². The van der Waals surface area contributed by atoms with Crippen molar-refractivity contribution < 1.29 is 30.4 Å². The Balaban J connectivity index is -0.00000105. The van der Waals surface area contributed by atoms with E-state index in [-0.39, 0.29) is 25.2 Å². The minimum absolute atomic E-state index is 0. The highest BCUT2D eigenvalue weighted by molar-refractivity contribution is 5.98. The van der Waals surface area contributed by atoms with Gasteiger partial charge in [-0.1, -0.05) is 61.8 Å². The molecule has 0 bridgehead atoms. The normalized spacial score (nSPS) is 28.3. The lowest BCUT2D eigenvalue weighted by Crippen LogP contribution is -2.42. The maximum absolute atomic E-state index is 12.7. The molecule has 1 unspecified atom stereocenters. The zero-order valence-electron chi connectivity index (χ0n) is 30.5. The first-order valence-corrected chi connectivity index (χ1v) is 17.6. The highest BCUT2D eigenvalue weighted by atomic mass is 16.6. The quantitative estimate of drug-likeness (QED) is 0.280. The Morgan fingerprint density at radius 3 is 2.18 bits per heavy atom. The number of amides is 1. The lowest BCUT2D eigenvalue weighted by molar-refractivity contribution is -0.169. The number of cyclic esters (lactones) is 1. The van der Waals surface area contributed by atoms with Crippen LogP contribution in [0.25, 0.3) is 0 Å². The van der Waals surface area contributed by atoms with Gasteiger partial charge in [0.05, 0.1) is 19.3 Å². The molecule has 0 aromatic carbocycles. The minimum atomic E-state index is -0.631. The number of ether oxygens (including phenoxy) is 2. The summed E-state index contributed by atoms with van der Waals surface area (Å²) in [5.74, 6) is 0.659. The SMILES string of the molecule is CC.CC.CCCC1C(=O)CC[C@H](C)C[C@@H](C)CN(C)CCN(C(=O)CNC)CCCCOC1=O.C[C@H]1C[C@@H](C)O[C@@H](O)C1.[HH]. The van der Waals surface area contributed by atoms with Crippen molar-refractivity contribution in [3.8, 4) is 0 Å². The van der Waals surface area contributed by atoms with Crippen molar-refractivity contribution in [1.82, 2.24) is 15.1 Å². The van der Waals surface area contributed by atoms with Crippen molar-refractivity contribution in [3.05, 3.63) is 0 Å². The van der Waals surface area contributed by atoms with E-state index in [1.165, 1.54) is 0 Å². The highest BCUT2D eigenvalue weighted by Gasteiger charge is 2.27. The van der Waals surface area contributed by atoms with E-state index in [0.29, 0.717) is 63.3 Å². The topological polar surface area (TPSA) is 108 Å². The molecule has 0 aromatic heterocycles. The van der Waals surface area contributed by atoms with Gasteiger partial charge >= 0.3 is 5.97 Å². The number of esters is 1. The molecule has 264 valence electrons. The first-order valence-electron chi connectivity index (χ1n) is 17.6. The van der Waals surface area contributed by atoms with Crippen LogP contribution in [0.4, 0.5) is 0 Å². The summed E-state index contributed by atoms with van der Waals surface area (Å²) in [6.07, 6.45) is 6.71. The van der Waals surface area contributed by atoms with Gasteiger partial charge in [-0.05, 0) is 77.3 Å². The number of rotatable bonds is 4. The van der Waals surface area contributed by atoms with E-state index in [1.807, 2.05) is 46.4 Å². The van der Waals surface area contributed by atoms with Crippen LogP contribution < -0.4 is 5.32 Å². The van der Waals surface area contributed by atoms with Crippen LogP contribution in [0.2, 0.25) is 0 Å². The molecule has 2 rings (SSSR count). The van der Waals surface area contributed by atoms with Gasteiger partial charge in [0.25, 0.3) is 0 Å². The van der Waals surface area contributed by atoms with Gasteiger partial charge in [-0.25, -0.2) is 0 Å². The minimum Gasteiger partial charge on any atom is -0.465 e. The van der Waals surface area contributed by atoms with Crippen molar-refractivity contribution >= 4 is 17.7 Å². The standard InChI is InChI=1S/C24H45N3O4.C7H14O2.2C2H6.H2/c1-6-9-21-22(28)11-10-19(2)16-20(3)18-26(5)13-14-27(23(29)17-25-4)12-7-8-15-31-24(21)30;1-5-3-6(2)9-7(8)4-5;2*1-2;/h19-21,25H,6-18H2,1-5H3;5-8H,3-4H2,1-2H3;2*1-2H3;1H/t19-,20+,21?;5-,6+,7+;;;/m00.../s1. The maximum atomic E-state index is 12.7. The summed E-state index contributed by atoms with van der Waals surface area (Å²) in [6.45, 7) is 22.3. The molecule has 0 spiro atoms. The molecular formula is C35H73N3O6. The molecule has 0 radical (unpaired) electrons. The molecule has 2 heterocycles. The first kappa shape index (κ1) is 44.6. The molecule has 2 aliphatic rings. The number of likely N-dealkylation sites (N-methyl/N-ethyl adjacent to an activating group) is 2. The zero-order chi connectivity index (χ0) is 34.1. The molecule has 2 aliphatic heterocycles. The molecule has 0 saturated carbocycles. The predicted molar refractivity (Wildman–Crippen MR) is 184 cm³/mol. The Morgan fingerprint density at radius 2 is 1.61 bits per heavy atom. The summed E-state index contributed by atoms with van der Waals surface area (Å²) in [6, 6.07) is 0. The second-order valence-electron chi connectivity index (χ2n) is 12.3. The van der Waals surface area contributed by atoms with Gasteiger partial charge in [0, 0.05) is 40.4 Å². The number of carbonyl (C=O) groups excluding carboxylic acids is 3. The molecule has 44 heavy (non-hydrogen) atoms. The van der Waals surface area contributed by atoms with E-state index in [9.17, 15) is 14.4 Å². The molecular weight excluding hydrogens is 558 g/mol. The van der Waals surface area contributed by atoms with Crippen molar-refractivity contribution in [3.63, 3.8) is 0 Å². The fraction of sp³-hybridized carbons (Fsp3) is 0.914. The van der Waals surface area contributed by atoms with Crippen molar-refractivity contribution in [2.75, 3.05) is 53.4 Å². The van der Waals surface area contributed by atoms with E-state index in [2.05, 4.69) is 38.0 Å². The lowest BCUT2D eigenvalue weighted by Gasteiger charge is -2.28. The average molecular weight is 632 g/mol. The zero-order valence-corrected chi connectivity index (χ0v) is 30.5. The summed E-state index contributed by atoms with van der Waals surface area (Å²) < 4.78 is 10.6. The molecule has 0 aliphatic carbocycles. The molecule has 9 nitrogen and oxygen atoms in total. The lowest BCUT2D eigenvalue weighted by atomic mass is 9.89. The van der Waals surface area contributed by atoms with Gasteiger partial charge in [-0.15, -0.1) is 0 Å². The second kappa shape index (κ2) is 27.7. The number of carbonyl (C=O) groups is 3. The molecule has 0 aromatic rings. The van der Waals surface area contributed by atoms with Crippen LogP contribution in [-0.2, 0) is 23.9 Å². The van der Waals surface area contributed by atoms with Crippen LogP contribution in [0.15, 0.2) is 0 Å². The third-order valence-electron chi connectivity index (χ3n) is 7.79. The number of nitrogens with one attached hydrogen (secondary N) is 1. The van der Waals surface area contributed by atoms with E-state index in [1.54, 1.807) is 7.05 Å². The molecule has 2 fully saturated rings. The largest absolute Gasteiger partial charge is 0.465 e. The smallest absolute Gasteiger partial charge is 0.316 e. The predicted octanol–water partition coefficient (Wildman–Crippen LogP) is 6.17. The monoisotopic (exact) mass is 632 g/mol. The second-order valence-corrected chi connectivity index (χ2v) is 12.3. The Labute approximate surface area is 272 Å². The number of nitrogens with zero attached hydrogens (tertiary/aromatic N) is 2. The third kappa shape index (κ3) is 21.2. The van der Waals surface area contributed by atoms with Crippen LogP contribution in [0.5, 0.6) is 0 Å². The Hall–Kier alpha value is -1.55. The summed E-state index contributed by atoms with van der Waals surface area (Å²) in [7, 11) is 3.89. The number of aliphatic hydroxyl groups is 1. The summed E-state index contributed by atoms with van der Waals surface area (Å²) in [4.78, 5) is 41.9. The Morgan fingerprint density at radius 1 is 0.955 bits per heavy atom. The van der Waals surface area contributed by atoms with Crippen LogP contribution >= 0.6 is 0 Å². The molecule has 9 heteroatoms. The first-order chi connectivity index (χ1) is 21.0. The fourth-order valence-electron chi connectivity index (χ4n) is 5.74. The van der Waals surface area contributed by atoms with Crippen molar-refractivity contribution in [2.45, 2.75) is 132 Å². The average Bonchev–Trinajstić information content (AvgIpc) is 2.97. The number of Topliss-reactive ketones (excluding diaryl/α,β-unsaturated/α-hetero) is 1. The van der Waals surface area contributed by atoms with E-state index >= 15 is 0 Å².